The molecule has 0 bridgehead atoms. The standard InChI is InChI=1S/C19H18FN3O4S/c1-23-11-10-21-18(23)17(15-8-3-4-9-16(15)20)22-28(25,26)14-7-5-6-13(12-14)19(24)27-2/h3-12,17,22H,1-2H3/t17-/m0/s1. The Hall–Kier alpha value is -3.04. The third-order valence-electron chi connectivity index (χ3n) is 4.17. The van der Waals surface area contributed by atoms with E-state index in [1.807, 2.05) is 0 Å². The zero-order valence-corrected chi connectivity index (χ0v) is 16.0. The van der Waals surface area contributed by atoms with Gasteiger partial charge < -0.3 is 9.30 Å². The molecule has 0 unspecified atom stereocenters. The summed E-state index contributed by atoms with van der Waals surface area (Å²) in [6.07, 6.45) is 3.13. The maximum atomic E-state index is 14.4. The Morgan fingerprint density at radius 1 is 1.21 bits per heavy atom. The summed E-state index contributed by atoms with van der Waals surface area (Å²) in [6.45, 7) is 0. The van der Waals surface area contributed by atoms with Gasteiger partial charge in [0.2, 0.25) is 10.0 Å². The van der Waals surface area contributed by atoms with Gasteiger partial charge in [-0.05, 0) is 24.3 Å². The van der Waals surface area contributed by atoms with E-state index in [1.165, 1.54) is 55.8 Å². The molecule has 0 aliphatic rings. The topological polar surface area (TPSA) is 90.3 Å². The maximum absolute atomic E-state index is 14.4. The molecule has 0 aliphatic heterocycles. The minimum Gasteiger partial charge on any atom is -0.465 e. The Kier molecular flexibility index (Phi) is 5.57. The van der Waals surface area contributed by atoms with Gasteiger partial charge in [-0.25, -0.2) is 22.6 Å². The molecule has 7 nitrogen and oxygen atoms in total. The summed E-state index contributed by atoms with van der Waals surface area (Å²) in [5.74, 6) is -0.911. The number of carbonyl (C=O) groups excluding carboxylic acids is 1. The number of methoxy groups -OCH3 is 1. The number of ether oxygens (including phenoxy) is 1. The molecule has 146 valence electrons. The van der Waals surface area contributed by atoms with Crippen LogP contribution in [0.25, 0.3) is 0 Å². The lowest BCUT2D eigenvalue weighted by Crippen LogP contribution is -2.32. The molecule has 0 saturated carbocycles. The van der Waals surface area contributed by atoms with Crippen LogP contribution in [0.5, 0.6) is 0 Å². The molecule has 1 atom stereocenters. The molecule has 0 amide bonds. The van der Waals surface area contributed by atoms with Crippen molar-refractivity contribution in [1.82, 2.24) is 14.3 Å². The second-order valence-electron chi connectivity index (χ2n) is 5.99. The van der Waals surface area contributed by atoms with Crippen LogP contribution in [0, 0.1) is 5.82 Å². The number of hydrogen-bond donors (Lipinski definition) is 1. The predicted octanol–water partition coefficient (Wildman–Crippen LogP) is 2.41. The first-order chi connectivity index (χ1) is 13.3. The molecule has 3 rings (SSSR count). The number of esters is 1. The predicted molar refractivity (Wildman–Crippen MR) is 99.6 cm³/mol. The fourth-order valence-corrected chi connectivity index (χ4v) is 3.97. The monoisotopic (exact) mass is 403 g/mol. The highest BCUT2D eigenvalue weighted by Crippen LogP contribution is 2.25. The Morgan fingerprint density at radius 3 is 2.61 bits per heavy atom. The maximum Gasteiger partial charge on any atom is 0.337 e. The number of nitrogens with one attached hydrogen (secondary N) is 1. The van der Waals surface area contributed by atoms with Crippen LogP contribution in [0.15, 0.2) is 65.8 Å². The van der Waals surface area contributed by atoms with Crippen molar-refractivity contribution in [3.63, 3.8) is 0 Å². The van der Waals surface area contributed by atoms with E-state index in [0.29, 0.717) is 5.82 Å². The van der Waals surface area contributed by atoms with Crippen LogP contribution < -0.4 is 4.72 Å². The molecule has 0 spiro atoms. The summed E-state index contributed by atoms with van der Waals surface area (Å²) in [7, 11) is -1.22. The zero-order chi connectivity index (χ0) is 20.3. The van der Waals surface area contributed by atoms with Crippen molar-refractivity contribution in [3.8, 4) is 0 Å². The molecular weight excluding hydrogens is 385 g/mol. The number of aryl methyl sites for hydroxylation is 1. The second kappa shape index (κ2) is 7.91. The van der Waals surface area contributed by atoms with Gasteiger partial charge in [0, 0.05) is 25.0 Å². The van der Waals surface area contributed by atoms with Gasteiger partial charge >= 0.3 is 5.97 Å². The van der Waals surface area contributed by atoms with Crippen molar-refractivity contribution in [2.24, 2.45) is 7.05 Å². The van der Waals surface area contributed by atoms with Crippen molar-refractivity contribution in [2.45, 2.75) is 10.9 Å². The molecule has 0 fully saturated rings. The molecule has 3 aromatic rings. The first-order valence-corrected chi connectivity index (χ1v) is 9.74. The molecule has 28 heavy (non-hydrogen) atoms. The van der Waals surface area contributed by atoms with Crippen LogP contribution in [0.1, 0.15) is 27.8 Å². The highest BCUT2D eigenvalue weighted by atomic mass is 32.2. The van der Waals surface area contributed by atoms with E-state index in [1.54, 1.807) is 23.9 Å². The van der Waals surface area contributed by atoms with Gasteiger partial charge in [-0.1, -0.05) is 24.3 Å². The Bertz CT molecular complexity index is 1110. The number of sulfonamides is 1. The Balaban J connectivity index is 2.05. The van der Waals surface area contributed by atoms with Gasteiger partial charge in [0.15, 0.2) is 0 Å². The van der Waals surface area contributed by atoms with Crippen LogP contribution in [0.4, 0.5) is 4.39 Å². The van der Waals surface area contributed by atoms with E-state index >= 15 is 0 Å². The average molecular weight is 403 g/mol. The number of aromatic nitrogens is 2. The lowest BCUT2D eigenvalue weighted by atomic mass is 10.1. The van der Waals surface area contributed by atoms with E-state index in [2.05, 4.69) is 14.4 Å². The van der Waals surface area contributed by atoms with Crippen LogP contribution in [-0.4, -0.2) is 31.0 Å². The number of benzene rings is 2. The number of rotatable bonds is 6. The van der Waals surface area contributed by atoms with Gasteiger partial charge in [0.05, 0.1) is 17.6 Å². The lowest BCUT2D eigenvalue weighted by Gasteiger charge is -2.20. The molecular formula is C19H18FN3O4S. The third-order valence-corrected chi connectivity index (χ3v) is 5.59. The largest absolute Gasteiger partial charge is 0.465 e. The van der Waals surface area contributed by atoms with Crippen LogP contribution in [-0.2, 0) is 21.8 Å². The van der Waals surface area contributed by atoms with E-state index in [4.69, 9.17) is 0 Å². The van der Waals surface area contributed by atoms with Gasteiger partial charge in [0.25, 0.3) is 0 Å². The summed E-state index contributed by atoms with van der Waals surface area (Å²) < 4.78 is 49.1. The highest BCUT2D eigenvalue weighted by Gasteiger charge is 2.28. The van der Waals surface area contributed by atoms with Gasteiger partial charge in [0.1, 0.15) is 17.7 Å². The van der Waals surface area contributed by atoms with Crippen LogP contribution >= 0.6 is 0 Å². The van der Waals surface area contributed by atoms with Crippen molar-refractivity contribution in [3.05, 3.63) is 83.7 Å². The molecule has 1 aromatic heterocycles. The first-order valence-electron chi connectivity index (χ1n) is 8.26. The minimum atomic E-state index is -4.11. The first kappa shape index (κ1) is 19.7. The average Bonchev–Trinajstić information content (AvgIpc) is 3.12. The normalized spacial score (nSPS) is 12.5. The quantitative estimate of drug-likeness (QED) is 0.639. The van der Waals surface area contributed by atoms with E-state index in [9.17, 15) is 17.6 Å². The van der Waals surface area contributed by atoms with Crippen molar-refractivity contribution < 1.29 is 22.3 Å². The van der Waals surface area contributed by atoms with Crippen LogP contribution in [0.3, 0.4) is 0 Å². The SMILES string of the molecule is COC(=O)c1cccc(S(=O)(=O)N[C@@H](c2ccccc2F)c2nccn2C)c1. The minimum absolute atomic E-state index is 0.0878. The fraction of sp³-hybridized carbons (Fsp3) is 0.158. The van der Waals surface area contributed by atoms with Crippen molar-refractivity contribution in [2.75, 3.05) is 7.11 Å². The number of imidazole rings is 1. The number of nitrogens with zero attached hydrogens (tertiary/aromatic N) is 2. The smallest absolute Gasteiger partial charge is 0.337 e. The summed E-state index contributed by atoms with van der Waals surface area (Å²) >= 11 is 0. The van der Waals surface area contributed by atoms with E-state index in [0.717, 1.165) is 0 Å². The van der Waals surface area contributed by atoms with Crippen molar-refractivity contribution >= 4 is 16.0 Å². The molecule has 0 aliphatic carbocycles. The molecule has 9 heteroatoms. The fourth-order valence-electron chi connectivity index (χ4n) is 2.75. The van der Waals surface area contributed by atoms with Gasteiger partial charge in [-0.3, -0.25) is 0 Å². The number of hydrogen-bond acceptors (Lipinski definition) is 5. The van der Waals surface area contributed by atoms with Gasteiger partial charge in [-0.15, -0.1) is 0 Å². The highest BCUT2D eigenvalue weighted by molar-refractivity contribution is 7.89. The molecule has 1 heterocycles. The number of halogens is 1. The van der Waals surface area contributed by atoms with E-state index in [-0.39, 0.29) is 16.0 Å². The summed E-state index contributed by atoms with van der Waals surface area (Å²) in [6, 6.07) is 10.2. The molecule has 1 N–H and O–H groups in total. The Labute approximate surface area is 161 Å². The number of carbonyl (C=O) groups is 1. The van der Waals surface area contributed by atoms with Crippen LogP contribution in [0.2, 0.25) is 0 Å². The van der Waals surface area contributed by atoms with Gasteiger partial charge in [-0.2, -0.15) is 4.72 Å². The summed E-state index contributed by atoms with van der Waals surface area (Å²) in [5.41, 5.74) is 0.217. The molecule has 0 saturated heterocycles. The third kappa shape index (κ3) is 3.95. The van der Waals surface area contributed by atoms with Crippen molar-refractivity contribution in [1.29, 1.82) is 0 Å². The molecule has 0 radical (unpaired) electrons. The molecule has 2 aromatic carbocycles. The Morgan fingerprint density at radius 2 is 1.96 bits per heavy atom. The lowest BCUT2D eigenvalue weighted by molar-refractivity contribution is 0.0600. The summed E-state index contributed by atoms with van der Waals surface area (Å²) in [4.78, 5) is 15.7. The second-order valence-corrected chi connectivity index (χ2v) is 7.71. The summed E-state index contributed by atoms with van der Waals surface area (Å²) in [5, 5.41) is 0. The zero-order valence-electron chi connectivity index (χ0n) is 15.2. The van der Waals surface area contributed by atoms with E-state index < -0.39 is 27.9 Å².